The third-order valence-corrected chi connectivity index (χ3v) is 4.88. The number of hydrogen-bond acceptors (Lipinski definition) is 3. The lowest BCUT2D eigenvalue weighted by molar-refractivity contribution is 0.164. The molecule has 0 bridgehead atoms. The first-order valence-corrected chi connectivity index (χ1v) is 9.72. The lowest BCUT2D eigenvalue weighted by Gasteiger charge is -2.32. The van der Waals surface area contributed by atoms with Crippen LogP contribution < -0.4 is 15.4 Å². The molecule has 5 nitrogen and oxygen atoms in total. The van der Waals surface area contributed by atoms with E-state index in [4.69, 9.17) is 16.3 Å². The normalized spacial score (nSPS) is 16.5. The molecule has 27 heavy (non-hydrogen) atoms. The molecule has 3 rings (SSSR count). The number of hydrogen-bond donors (Lipinski definition) is 2. The molecule has 1 unspecified atom stereocenters. The third kappa shape index (κ3) is 6.45. The second-order valence-electron chi connectivity index (χ2n) is 6.87. The van der Waals surface area contributed by atoms with Crippen LogP contribution >= 0.6 is 11.6 Å². The number of likely N-dealkylation sites (tertiary alicyclic amines) is 1. The van der Waals surface area contributed by atoms with Crippen LogP contribution in [0.4, 0.5) is 4.79 Å². The molecule has 2 aromatic carbocycles. The van der Waals surface area contributed by atoms with Crippen molar-refractivity contribution in [2.45, 2.75) is 38.6 Å². The molecule has 1 atom stereocenters. The zero-order chi connectivity index (χ0) is 19.1. The van der Waals surface area contributed by atoms with E-state index in [9.17, 15) is 4.79 Å². The molecule has 0 radical (unpaired) electrons. The quantitative estimate of drug-likeness (QED) is 0.736. The highest BCUT2D eigenvalue weighted by molar-refractivity contribution is 6.30. The number of carbonyl (C=O) groups is 1. The minimum Gasteiger partial charge on any atom is -0.471 e. The number of urea groups is 1. The zero-order valence-electron chi connectivity index (χ0n) is 15.5. The highest BCUT2D eigenvalue weighted by atomic mass is 35.5. The Morgan fingerprint density at radius 2 is 1.81 bits per heavy atom. The first kappa shape index (κ1) is 19.5. The van der Waals surface area contributed by atoms with Crippen LogP contribution in [0.2, 0.25) is 5.02 Å². The highest BCUT2D eigenvalue weighted by Crippen LogP contribution is 2.16. The van der Waals surface area contributed by atoms with E-state index < -0.39 is 6.23 Å². The van der Waals surface area contributed by atoms with Crippen molar-refractivity contribution in [3.63, 3.8) is 0 Å². The first-order valence-electron chi connectivity index (χ1n) is 9.34. The van der Waals surface area contributed by atoms with Crippen molar-refractivity contribution in [1.29, 1.82) is 0 Å². The lowest BCUT2D eigenvalue weighted by atomic mass is 10.0. The van der Waals surface area contributed by atoms with Crippen LogP contribution in [0, 0.1) is 0 Å². The Hall–Kier alpha value is -2.24. The Kier molecular flexibility index (Phi) is 6.96. The molecule has 2 amide bonds. The molecule has 1 aliphatic rings. The summed E-state index contributed by atoms with van der Waals surface area (Å²) in [4.78, 5) is 14.6. The zero-order valence-corrected chi connectivity index (χ0v) is 16.3. The van der Waals surface area contributed by atoms with Crippen molar-refractivity contribution in [2.75, 3.05) is 13.1 Å². The second kappa shape index (κ2) is 9.62. The van der Waals surface area contributed by atoms with Gasteiger partial charge in [-0.25, -0.2) is 4.79 Å². The Morgan fingerprint density at radius 3 is 2.48 bits per heavy atom. The van der Waals surface area contributed by atoms with Gasteiger partial charge >= 0.3 is 6.03 Å². The van der Waals surface area contributed by atoms with Gasteiger partial charge in [-0.05, 0) is 49.6 Å². The second-order valence-corrected chi connectivity index (χ2v) is 7.30. The summed E-state index contributed by atoms with van der Waals surface area (Å²) in [5, 5.41) is 6.53. The average Bonchev–Trinajstić information content (AvgIpc) is 2.66. The molecule has 0 saturated carbocycles. The van der Waals surface area contributed by atoms with Gasteiger partial charge in [0.1, 0.15) is 5.75 Å². The lowest BCUT2D eigenvalue weighted by Crippen LogP contribution is -2.50. The number of rotatable bonds is 6. The van der Waals surface area contributed by atoms with Crippen molar-refractivity contribution < 1.29 is 9.53 Å². The molecule has 6 heteroatoms. The van der Waals surface area contributed by atoms with Crippen LogP contribution in [0.3, 0.4) is 0 Å². The number of ether oxygens (including phenoxy) is 1. The summed E-state index contributed by atoms with van der Waals surface area (Å²) in [6.07, 6.45) is 1.48. The predicted octanol–water partition coefficient (Wildman–Crippen LogP) is 4.03. The van der Waals surface area contributed by atoms with E-state index in [0.29, 0.717) is 10.8 Å². The molecule has 2 N–H and O–H groups in total. The third-order valence-electron chi connectivity index (χ3n) is 4.63. The summed E-state index contributed by atoms with van der Waals surface area (Å²) in [6, 6.07) is 17.6. The van der Waals surface area contributed by atoms with Gasteiger partial charge in [0.25, 0.3) is 0 Å². The van der Waals surface area contributed by atoms with Crippen LogP contribution in [-0.2, 0) is 6.54 Å². The molecular formula is C21H26ClN3O2. The van der Waals surface area contributed by atoms with Gasteiger partial charge in [-0.15, -0.1) is 0 Å². The van der Waals surface area contributed by atoms with Crippen molar-refractivity contribution in [3.8, 4) is 5.75 Å². The molecular weight excluding hydrogens is 362 g/mol. The summed E-state index contributed by atoms with van der Waals surface area (Å²) in [5.74, 6) is 0.668. The molecule has 1 saturated heterocycles. The smallest absolute Gasteiger partial charge is 0.317 e. The maximum Gasteiger partial charge on any atom is 0.317 e. The largest absolute Gasteiger partial charge is 0.471 e. The maximum absolute atomic E-state index is 12.2. The summed E-state index contributed by atoms with van der Waals surface area (Å²) >= 11 is 5.86. The SMILES string of the molecule is CC(NC(=O)NC1CCN(Cc2ccccc2)CC1)Oc1ccc(Cl)cc1. The van der Waals surface area contributed by atoms with Gasteiger partial charge in [-0.1, -0.05) is 41.9 Å². The van der Waals surface area contributed by atoms with Crippen LogP contribution in [0.5, 0.6) is 5.75 Å². The summed E-state index contributed by atoms with van der Waals surface area (Å²) in [5.41, 5.74) is 1.33. The van der Waals surface area contributed by atoms with Crippen LogP contribution in [-0.4, -0.2) is 36.3 Å². The van der Waals surface area contributed by atoms with E-state index in [-0.39, 0.29) is 12.1 Å². The number of amides is 2. The van der Waals surface area contributed by atoms with Gasteiger partial charge in [0.05, 0.1) is 0 Å². The van der Waals surface area contributed by atoms with E-state index in [1.165, 1.54) is 5.56 Å². The van der Waals surface area contributed by atoms with E-state index in [1.807, 2.05) is 6.07 Å². The van der Waals surface area contributed by atoms with Crippen LogP contribution in [0.25, 0.3) is 0 Å². The van der Waals surface area contributed by atoms with Crippen LogP contribution in [0.1, 0.15) is 25.3 Å². The summed E-state index contributed by atoms with van der Waals surface area (Å²) < 4.78 is 5.67. The molecule has 1 heterocycles. The van der Waals surface area contributed by atoms with Crippen molar-refractivity contribution >= 4 is 17.6 Å². The Balaban J connectivity index is 1.37. The molecule has 1 aliphatic heterocycles. The van der Waals surface area contributed by atoms with Gasteiger partial charge in [0, 0.05) is 30.7 Å². The molecule has 1 fully saturated rings. The number of nitrogens with zero attached hydrogens (tertiary/aromatic N) is 1. The average molecular weight is 388 g/mol. The van der Waals surface area contributed by atoms with Gasteiger partial charge < -0.3 is 15.4 Å². The fourth-order valence-corrected chi connectivity index (χ4v) is 3.36. The van der Waals surface area contributed by atoms with Crippen molar-refractivity contribution in [1.82, 2.24) is 15.5 Å². The number of carbonyl (C=O) groups excluding carboxylic acids is 1. The molecule has 0 aliphatic carbocycles. The molecule has 0 spiro atoms. The number of piperidine rings is 1. The number of nitrogens with one attached hydrogen (secondary N) is 2. The van der Waals surface area contributed by atoms with Gasteiger partial charge in [0.15, 0.2) is 6.23 Å². The topological polar surface area (TPSA) is 53.6 Å². The van der Waals surface area contributed by atoms with Gasteiger partial charge in [-0.2, -0.15) is 0 Å². The van der Waals surface area contributed by atoms with E-state index in [1.54, 1.807) is 31.2 Å². The number of benzene rings is 2. The summed E-state index contributed by atoms with van der Waals surface area (Å²) in [6.45, 7) is 4.73. The minimum absolute atomic E-state index is 0.194. The standard InChI is InChI=1S/C21H26ClN3O2/c1-16(27-20-9-7-18(22)8-10-20)23-21(26)24-19-11-13-25(14-12-19)15-17-5-3-2-4-6-17/h2-10,16,19H,11-15H2,1H3,(H2,23,24,26). The van der Waals surface area contributed by atoms with Crippen LogP contribution in [0.15, 0.2) is 54.6 Å². The monoisotopic (exact) mass is 387 g/mol. The predicted molar refractivity (Wildman–Crippen MR) is 108 cm³/mol. The summed E-state index contributed by atoms with van der Waals surface area (Å²) in [7, 11) is 0. The van der Waals surface area contributed by atoms with E-state index >= 15 is 0 Å². The van der Waals surface area contributed by atoms with Gasteiger partial charge in [0.2, 0.25) is 0 Å². The Bertz CT molecular complexity index is 716. The first-order chi connectivity index (χ1) is 13.1. The van der Waals surface area contributed by atoms with Crippen molar-refractivity contribution in [2.24, 2.45) is 0 Å². The van der Waals surface area contributed by atoms with E-state index in [2.05, 4.69) is 39.8 Å². The number of halogens is 1. The van der Waals surface area contributed by atoms with E-state index in [0.717, 1.165) is 32.5 Å². The van der Waals surface area contributed by atoms with Crippen molar-refractivity contribution in [3.05, 3.63) is 65.2 Å². The van der Waals surface area contributed by atoms with Gasteiger partial charge in [-0.3, -0.25) is 4.90 Å². The molecule has 0 aromatic heterocycles. The highest BCUT2D eigenvalue weighted by Gasteiger charge is 2.21. The molecule has 144 valence electrons. The Morgan fingerprint density at radius 1 is 1.15 bits per heavy atom. The minimum atomic E-state index is -0.427. The maximum atomic E-state index is 12.2. The molecule has 2 aromatic rings. The fraction of sp³-hybridized carbons (Fsp3) is 0.381. The Labute approximate surface area is 165 Å². The fourth-order valence-electron chi connectivity index (χ4n) is 3.24.